The highest BCUT2D eigenvalue weighted by atomic mass is 19.1. The van der Waals surface area contributed by atoms with Gasteiger partial charge in [0.2, 0.25) is 17.9 Å². The summed E-state index contributed by atoms with van der Waals surface area (Å²) < 4.78 is 18.9. The number of carbonyl (C=O) groups excluding carboxylic acids is 1. The van der Waals surface area contributed by atoms with Crippen LogP contribution in [0.3, 0.4) is 0 Å². The molecule has 1 amide bonds. The minimum absolute atomic E-state index is 0.0199. The fourth-order valence-corrected chi connectivity index (χ4v) is 2.62. The molecule has 1 aliphatic rings. The van der Waals surface area contributed by atoms with Crippen LogP contribution in [-0.2, 0) is 4.74 Å². The Morgan fingerprint density at radius 1 is 1.21 bits per heavy atom. The Kier molecular flexibility index (Phi) is 5.11. The summed E-state index contributed by atoms with van der Waals surface area (Å²) in [6.45, 7) is 0. The van der Waals surface area contributed by atoms with E-state index in [0.717, 1.165) is 6.07 Å². The van der Waals surface area contributed by atoms with Gasteiger partial charge in [0.25, 0.3) is 17.5 Å². The highest BCUT2D eigenvalue weighted by Gasteiger charge is 2.69. The first-order chi connectivity index (χ1) is 13.5. The first-order valence-electron chi connectivity index (χ1n) is 7.90. The number of nitrogens with zero attached hydrogens (tertiary/aromatic N) is 3. The molecule has 12 nitrogen and oxygen atoms in total. The van der Waals surface area contributed by atoms with Crippen LogP contribution in [0.15, 0.2) is 24.3 Å². The third kappa shape index (κ3) is 3.45. The van der Waals surface area contributed by atoms with Crippen LogP contribution < -0.4 is 5.73 Å². The van der Waals surface area contributed by atoms with Crippen molar-refractivity contribution in [3.8, 4) is 11.8 Å². The lowest BCUT2D eigenvalue weighted by molar-refractivity contribution is -0.363. The van der Waals surface area contributed by atoms with E-state index in [1.807, 2.05) is 0 Å². The van der Waals surface area contributed by atoms with Gasteiger partial charge < -0.3 is 41.1 Å². The molecule has 0 spiro atoms. The minimum atomic E-state index is -3.58. The van der Waals surface area contributed by atoms with Gasteiger partial charge in [-0.2, -0.15) is 4.98 Å². The Morgan fingerprint density at radius 2 is 1.86 bits per heavy atom. The minimum Gasteiger partial charge on any atom is -0.366 e. The second kappa shape index (κ2) is 7.13. The summed E-state index contributed by atoms with van der Waals surface area (Å²) in [6.07, 6.45) is -7.11. The molecule has 0 unspecified atom stereocenters. The molecule has 0 bridgehead atoms. The molecule has 1 aromatic carbocycles. The van der Waals surface area contributed by atoms with E-state index in [1.54, 1.807) is 0 Å². The van der Waals surface area contributed by atoms with Crippen molar-refractivity contribution in [2.24, 2.45) is 5.73 Å². The predicted molar refractivity (Wildman–Crippen MR) is 87.4 cm³/mol. The van der Waals surface area contributed by atoms with E-state index in [0.29, 0.717) is 4.68 Å². The van der Waals surface area contributed by atoms with Gasteiger partial charge in [-0.25, -0.2) is 9.07 Å². The number of hydrogen-bond acceptors (Lipinski definition) is 10. The number of halogens is 1. The third-order valence-electron chi connectivity index (χ3n) is 4.09. The highest BCUT2D eigenvalue weighted by Crippen LogP contribution is 2.43. The van der Waals surface area contributed by atoms with Crippen LogP contribution in [0, 0.1) is 17.7 Å². The molecule has 2 aromatic rings. The van der Waals surface area contributed by atoms with Gasteiger partial charge in [-0.3, -0.25) is 4.79 Å². The van der Waals surface area contributed by atoms with Crippen LogP contribution >= 0.6 is 0 Å². The van der Waals surface area contributed by atoms with E-state index in [-0.39, 0.29) is 5.56 Å². The second-order valence-corrected chi connectivity index (χ2v) is 6.07. The van der Waals surface area contributed by atoms with E-state index < -0.39 is 53.6 Å². The van der Waals surface area contributed by atoms with E-state index in [1.165, 1.54) is 18.2 Å². The molecule has 29 heavy (non-hydrogen) atoms. The molecule has 0 radical (unpaired) electrons. The number of aliphatic hydroxyl groups is 6. The summed E-state index contributed by atoms with van der Waals surface area (Å²) in [5, 5.41) is 62.0. The standard InChI is InChI=1S/C16H15FN4O8/c17-8-4-2-1-3-7(8)5-6-9-19-12(11(18)22)21(20-9)14-16(27,28)15(25,26)10(29-14)13(23)24/h1-4,10,13-14,23-28H,(H2,18,22)/t10-,14-/m1/s1. The first kappa shape index (κ1) is 20.8. The Labute approximate surface area is 161 Å². The van der Waals surface area contributed by atoms with Crippen molar-refractivity contribution in [2.45, 2.75) is 30.2 Å². The van der Waals surface area contributed by atoms with Gasteiger partial charge in [0, 0.05) is 0 Å². The van der Waals surface area contributed by atoms with Crippen LogP contribution in [0.1, 0.15) is 28.2 Å². The Hall–Kier alpha value is -2.96. The molecule has 0 aliphatic carbocycles. The number of aliphatic hydroxyl groups excluding tert-OH is 1. The average molecular weight is 410 g/mol. The maximum atomic E-state index is 13.6. The van der Waals surface area contributed by atoms with E-state index >= 15 is 0 Å². The third-order valence-corrected chi connectivity index (χ3v) is 4.09. The molecule has 1 saturated heterocycles. The molecule has 8 N–H and O–H groups in total. The van der Waals surface area contributed by atoms with Crippen LogP contribution in [0.5, 0.6) is 0 Å². The number of carbonyl (C=O) groups is 1. The van der Waals surface area contributed by atoms with Gasteiger partial charge in [0.05, 0.1) is 5.56 Å². The number of amides is 1. The summed E-state index contributed by atoms with van der Waals surface area (Å²) in [4.78, 5) is 15.3. The van der Waals surface area contributed by atoms with Gasteiger partial charge >= 0.3 is 0 Å². The lowest BCUT2D eigenvalue weighted by Crippen LogP contribution is -2.60. The molecular weight excluding hydrogens is 395 g/mol. The van der Waals surface area contributed by atoms with Crippen molar-refractivity contribution in [1.29, 1.82) is 0 Å². The molecule has 2 atom stereocenters. The largest absolute Gasteiger partial charge is 0.366 e. The van der Waals surface area contributed by atoms with Crippen LogP contribution in [-0.4, -0.2) is 75.3 Å². The molecule has 13 heteroatoms. The lowest BCUT2D eigenvalue weighted by Gasteiger charge is -2.31. The summed E-state index contributed by atoms with van der Waals surface area (Å²) >= 11 is 0. The van der Waals surface area contributed by atoms with E-state index in [4.69, 9.17) is 10.5 Å². The number of hydrogen-bond donors (Lipinski definition) is 7. The second-order valence-electron chi connectivity index (χ2n) is 6.07. The monoisotopic (exact) mass is 410 g/mol. The van der Waals surface area contributed by atoms with Crippen LogP contribution in [0.25, 0.3) is 0 Å². The Balaban J connectivity index is 2.05. The van der Waals surface area contributed by atoms with Crippen molar-refractivity contribution >= 4 is 5.91 Å². The number of rotatable bonds is 3. The average Bonchev–Trinajstić information content (AvgIpc) is 3.11. The molecular formula is C16H15FN4O8. The molecule has 1 aliphatic heterocycles. The van der Waals surface area contributed by atoms with Gasteiger partial charge in [-0.1, -0.05) is 18.1 Å². The van der Waals surface area contributed by atoms with Gasteiger partial charge in [0.15, 0.2) is 12.4 Å². The highest BCUT2D eigenvalue weighted by molar-refractivity contribution is 5.89. The summed E-state index contributed by atoms with van der Waals surface area (Å²) in [6, 6.07) is 5.49. The van der Waals surface area contributed by atoms with Crippen molar-refractivity contribution in [3.05, 3.63) is 47.3 Å². The van der Waals surface area contributed by atoms with Crippen molar-refractivity contribution in [3.63, 3.8) is 0 Å². The van der Waals surface area contributed by atoms with E-state index in [2.05, 4.69) is 21.9 Å². The first-order valence-corrected chi connectivity index (χ1v) is 7.90. The zero-order valence-corrected chi connectivity index (χ0v) is 14.3. The molecule has 2 heterocycles. The topological polar surface area (TPSA) is 204 Å². The van der Waals surface area contributed by atoms with Crippen LogP contribution in [0.4, 0.5) is 4.39 Å². The van der Waals surface area contributed by atoms with Crippen LogP contribution in [0.2, 0.25) is 0 Å². The molecule has 1 aromatic heterocycles. The van der Waals surface area contributed by atoms with Crippen molar-refractivity contribution in [1.82, 2.24) is 14.8 Å². The van der Waals surface area contributed by atoms with Crippen molar-refractivity contribution < 1.29 is 44.6 Å². The number of nitrogens with two attached hydrogens (primary N) is 1. The SMILES string of the molecule is NC(=O)c1nc(C#Cc2ccccc2F)nn1[C@@H]1O[C@H](C(O)O)C(O)(O)C1(O)O. The maximum absolute atomic E-state index is 13.6. The Morgan fingerprint density at radius 3 is 2.41 bits per heavy atom. The molecule has 154 valence electrons. The zero-order chi connectivity index (χ0) is 21.6. The smallest absolute Gasteiger partial charge is 0.286 e. The lowest BCUT2D eigenvalue weighted by atomic mass is 10.0. The number of primary amides is 1. The predicted octanol–water partition coefficient (Wildman–Crippen LogP) is -3.51. The molecule has 3 rings (SSSR count). The molecule has 0 saturated carbocycles. The summed E-state index contributed by atoms with van der Waals surface area (Å²) in [5.41, 5.74) is 5.14. The summed E-state index contributed by atoms with van der Waals surface area (Å²) in [7, 11) is 0. The normalized spacial score (nSPS) is 22.3. The van der Waals surface area contributed by atoms with Crippen molar-refractivity contribution in [2.75, 3.05) is 0 Å². The van der Waals surface area contributed by atoms with Gasteiger partial charge in [-0.15, -0.1) is 5.10 Å². The number of benzene rings is 1. The quantitative estimate of drug-likeness (QED) is 0.196. The Bertz CT molecular complexity index is 1010. The van der Waals surface area contributed by atoms with Gasteiger partial charge in [-0.05, 0) is 18.1 Å². The fraction of sp³-hybridized carbons (Fsp3) is 0.312. The van der Waals surface area contributed by atoms with Gasteiger partial charge in [0.1, 0.15) is 5.82 Å². The molecule has 1 fully saturated rings. The number of aromatic nitrogens is 3. The van der Waals surface area contributed by atoms with E-state index in [9.17, 15) is 39.8 Å². The maximum Gasteiger partial charge on any atom is 0.286 e. The summed E-state index contributed by atoms with van der Waals surface area (Å²) in [5.74, 6) is -5.43. The zero-order valence-electron chi connectivity index (χ0n) is 14.3. The number of ether oxygens (including phenoxy) is 1. The fourth-order valence-electron chi connectivity index (χ4n) is 2.62.